The molecule has 0 spiro atoms. The number of piperidine rings is 2. The second-order valence-electron chi connectivity index (χ2n) is 6.13. The van der Waals surface area contributed by atoms with Crippen LogP contribution in [0.2, 0.25) is 0 Å². The van der Waals surface area contributed by atoms with Gasteiger partial charge >= 0.3 is 0 Å². The molecule has 0 saturated carbocycles. The predicted molar refractivity (Wildman–Crippen MR) is 80.0 cm³/mol. The molecule has 0 radical (unpaired) electrons. The first-order valence-corrected chi connectivity index (χ1v) is 8.23. The molecule has 5 heteroatoms. The zero-order valence-electron chi connectivity index (χ0n) is 11.9. The van der Waals surface area contributed by atoms with Crippen LogP contribution >= 0.6 is 11.3 Å². The van der Waals surface area contributed by atoms with Gasteiger partial charge in [0, 0.05) is 29.9 Å². The molecule has 2 aliphatic heterocycles. The molecule has 3 rings (SSSR count). The monoisotopic (exact) mass is 294 g/mol. The van der Waals surface area contributed by atoms with E-state index in [-0.39, 0.29) is 24.0 Å². The highest BCUT2D eigenvalue weighted by molar-refractivity contribution is 7.08. The van der Waals surface area contributed by atoms with Gasteiger partial charge in [0.2, 0.25) is 0 Å². The normalized spacial score (nSPS) is 31.1. The Hall–Kier alpha value is -0.910. The fraction of sp³-hybridized carbons (Fsp3) is 0.667. The number of amides is 1. The van der Waals surface area contributed by atoms with Crippen molar-refractivity contribution in [3.05, 3.63) is 22.4 Å². The minimum atomic E-state index is -0.00156. The Morgan fingerprint density at radius 3 is 3.05 bits per heavy atom. The lowest BCUT2D eigenvalue weighted by Crippen LogP contribution is -2.62. The third-order valence-corrected chi connectivity index (χ3v) is 5.75. The van der Waals surface area contributed by atoms with Crippen molar-refractivity contribution in [1.82, 2.24) is 9.80 Å². The molecule has 0 aliphatic carbocycles. The molecule has 2 atom stereocenters. The van der Waals surface area contributed by atoms with Crippen LogP contribution in [0.25, 0.3) is 0 Å². The van der Waals surface area contributed by atoms with Crippen LogP contribution in [0.4, 0.5) is 0 Å². The van der Waals surface area contributed by atoms with Crippen LogP contribution in [0.1, 0.15) is 29.6 Å². The van der Waals surface area contributed by atoms with E-state index in [4.69, 9.17) is 0 Å². The summed E-state index contributed by atoms with van der Waals surface area (Å²) in [5.74, 6) is 0.136. The average Bonchev–Trinajstić information content (AvgIpc) is 3.01. The van der Waals surface area contributed by atoms with Crippen LogP contribution in [-0.2, 0) is 0 Å². The van der Waals surface area contributed by atoms with Crippen molar-refractivity contribution in [3.8, 4) is 0 Å². The Balaban J connectivity index is 1.78. The summed E-state index contributed by atoms with van der Waals surface area (Å²) in [6.07, 6.45) is 3.14. The van der Waals surface area contributed by atoms with Gasteiger partial charge in [-0.2, -0.15) is 11.3 Å². The van der Waals surface area contributed by atoms with Crippen molar-refractivity contribution in [2.45, 2.75) is 25.3 Å². The Morgan fingerprint density at radius 1 is 1.50 bits per heavy atom. The summed E-state index contributed by atoms with van der Waals surface area (Å²) in [6, 6.07) is 2.18. The van der Waals surface area contributed by atoms with E-state index in [1.807, 2.05) is 21.7 Å². The number of likely N-dealkylation sites (N-methyl/N-ethyl adjacent to an activating group) is 1. The summed E-state index contributed by atoms with van der Waals surface area (Å²) in [4.78, 5) is 16.8. The number of hydrogen-bond acceptors (Lipinski definition) is 4. The van der Waals surface area contributed by atoms with E-state index in [2.05, 4.69) is 11.9 Å². The maximum absolute atomic E-state index is 12.5. The van der Waals surface area contributed by atoms with Crippen molar-refractivity contribution < 1.29 is 9.90 Å². The largest absolute Gasteiger partial charge is 0.396 e. The van der Waals surface area contributed by atoms with Crippen molar-refractivity contribution in [3.63, 3.8) is 0 Å². The number of thiophene rings is 1. The second-order valence-corrected chi connectivity index (χ2v) is 6.91. The lowest BCUT2D eigenvalue weighted by Gasteiger charge is -2.53. The van der Waals surface area contributed by atoms with Crippen LogP contribution in [0, 0.1) is 5.41 Å². The van der Waals surface area contributed by atoms with Gasteiger partial charge in [-0.05, 0) is 44.3 Å². The Bertz CT molecular complexity index is 476. The molecule has 110 valence electrons. The number of fused-ring (bicyclic) bond motifs is 1. The van der Waals surface area contributed by atoms with Crippen LogP contribution in [-0.4, -0.2) is 60.1 Å². The molecule has 2 saturated heterocycles. The zero-order valence-corrected chi connectivity index (χ0v) is 12.7. The summed E-state index contributed by atoms with van der Waals surface area (Å²) in [5.41, 5.74) is 0.795. The van der Waals surface area contributed by atoms with Gasteiger partial charge in [-0.25, -0.2) is 0 Å². The van der Waals surface area contributed by atoms with Crippen LogP contribution in [0.5, 0.6) is 0 Å². The molecule has 0 unspecified atom stereocenters. The minimum absolute atomic E-state index is 0.00156. The molecule has 2 fully saturated rings. The quantitative estimate of drug-likeness (QED) is 0.902. The first-order valence-electron chi connectivity index (χ1n) is 7.29. The fourth-order valence-corrected chi connectivity index (χ4v) is 4.40. The van der Waals surface area contributed by atoms with E-state index >= 15 is 0 Å². The highest BCUT2D eigenvalue weighted by atomic mass is 32.1. The molecule has 4 nitrogen and oxygen atoms in total. The molecule has 1 aromatic heterocycles. The number of carbonyl (C=O) groups is 1. The van der Waals surface area contributed by atoms with Gasteiger partial charge < -0.3 is 14.9 Å². The van der Waals surface area contributed by atoms with Gasteiger partial charge in [0.05, 0.1) is 12.2 Å². The minimum Gasteiger partial charge on any atom is -0.396 e. The van der Waals surface area contributed by atoms with Gasteiger partial charge in [0.1, 0.15) is 0 Å². The Labute approximate surface area is 124 Å². The highest BCUT2D eigenvalue weighted by Crippen LogP contribution is 2.41. The predicted octanol–water partition coefficient (Wildman–Crippen LogP) is 1.67. The first kappa shape index (κ1) is 14.0. The maximum Gasteiger partial charge on any atom is 0.254 e. The standard InChI is InChI=1S/C15H22N2O2S/c1-16-6-2-4-15(11-18)5-7-17(9-13(15)16)14(19)12-3-8-20-10-12/h3,8,10,13,18H,2,4-7,9,11H2,1H3/t13-,15-/m1/s1. The zero-order chi connectivity index (χ0) is 14.2. The number of carbonyl (C=O) groups excluding carboxylic acids is 1. The van der Waals surface area contributed by atoms with Gasteiger partial charge in [-0.15, -0.1) is 0 Å². The number of rotatable bonds is 2. The topological polar surface area (TPSA) is 43.8 Å². The number of likely N-dealkylation sites (tertiary alicyclic amines) is 2. The van der Waals surface area contributed by atoms with E-state index in [9.17, 15) is 9.90 Å². The first-order chi connectivity index (χ1) is 9.66. The summed E-state index contributed by atoms with van der Waals surface area (Å²) < 4.78 is 0. The highest BCUT2D eigenvalue weighted by Gasteiger charge is 2.47. The number of nitrogens with zero attached hydrogens (tertiary/aromatic N) is 2. The van der Waals surface area contributed by atoms with Crippen molar-refractivity contribution >= 4 is 17.2 Å². The van der Waals surface area contributed by atoms with Gasteiger partial charge in [0.15, 0.2) is 0 Å². The molecular weight excluding hydrogens is 272 g/mol. The molecule has 1 aromatic rings. The van der Waals surface area contributed by atoms with Crippen molar-refractivity contribution in [1.29, 1.82) is 0 Å². The van der Waals surface area contributed by atoms with Crippen LogP contribution in [0.3, 0.4) is 0 Å². The van der Waals surface area contributed by atoms with E-state index in [1.165, 1.54) is 0 Å². The average molecular weight is 294 g/mol. The molecule has 3 heterocycles. The van der Waals surface area contributed by atoms with Crippen molar-refractivity contribution in [2.24, 2.45) is 5.41 Å². The molecule has 0 bridgehead atoms. The lowest BCUT2D eigenvalue weighted by molar-refractivity contribution is -0.0601. The van der Waals surface area contributed by atoms with Crippen LogP contribution < -0.4 is 0 Å². The van der Waals surface area contributed by atoms with E-state index in [0.717, 1.165) is 44.5 Å². The second kappa shape index (κ2) is 5.47. The Kier molecular flexibility index (Phi) is 3.84. The SMILES string of the molecule is CN1CCC[C@]2(CO)CCN(C(=O)c3ccsc3)C[C@@H]12. The van der Waals surface area contributed by atoms with Crippen LogP contribution in [0.15, 0.2) is 16.8 Å². The molecule has 1 amide bonds. The summed E-state index contributed by atoms with van der Waals surface area (Å²) in [6.45, 7) is 2.81. The van der Waals surface area contributed by atoms with Gasteiger partial charge in [-0.3, -0.25) is 4.79 Å². The Morgan fingerprint density at radius 2 is 2.35 bits per heavy atom. The number of aliphatic hydroxyl groups excluding tert-OH is 1. The molecular formula is C15H22N2O2S. The third-order valence-electron chi connectivity index (χ3n) is 5.07. The van der Waals surface area contributed by atoms with Crippen molar-refractivity contribution in [2.75, 3.05) is 33.3 Å². The number of aliphatic hydroxyl groups is 1. The maximum atomic E-state index is 12.5. The van der Waals surface area contributed by atoms with Gasteiger partial charge in [-0.1, -0.05) is 0 Å². The van der Waals surface area contributed by atoms with E-state index in [1.54, 1.807) is 11.3 Å². The van der Waals surface area contributed by atoms with Gasteiger partial charge in [0.25, 0.3) is 5.91 Å². The fourth-order valence-electron chi connectivity index (χ4n) is 3.77. The van der Waals surface area contributed by atoms with E-state index < -0.39 is 0 Å². The summed E-state index contributed by atoms with van der Waals surface area (Å²) in [7, 11) is 2.12. The number of hydrogen-bond donors (Lipinski definition) is 1. The summed E-state index contributed by atoms with van der Waals surface area (Å²) >= 11 is 1.56. The molecule has 1 N–H and O–H groups in total. The lowest BCUT2D eigenvalue weighted by atomic mass is 9.69. The third kappa shape index (κ3) is 2.28. The van der Waals surface area contributed by atoms with E-state index in [0.29, 0.717) is 0 Å². The summed E-state index contributed by atoms with van der Waals surface area (Å²) in [5, 5.41) is 13.7. The molecule has 2 aliphatic rings. The molecule has 20 heavy (non-hydrogen) atoms. The smallest absolute Gasteiger partial charge is 0.254 e. The molecule has 0 aromatic carbocycles.